The second-order valence-corrected chi connectivity index (χ2v) is 13.1. The first-order chi connectivity index (χ1) is 18.6. The van der Waals surface area contributed by atoms with Gasteiger partial charge in [0.2, 0.25) is 5.88 Å². The molecule has 0 amide bonds. The Bertz CT molecular complexity index is 1520. The molecule has 5 rings (SSSR count). The molecule has 1 aliphatic rings. The molecule has 3 aromatic heterocycles. The third kappa shape index (κ3) is 5.24. The van der Waals surface area contributed by atoms with Gasteiger partial charge < -0.3 is 9.84 Å². The van der Waals surface area contributed by atoms with Crippen LogP contribution in [0.4, 0.5) is 0 Å². The van der Waals surface area contributed by atoms with Crippen LogP contribution in [-0.4, -0.2) is 57.1 Å². The highest BCUT2D eigenvalue weighted by Crippen LogP contribution is 2.57. The van der Waals surface area contributed by atoms with Gasteiger partial charge >= 0.3 is 5.97 Å². The van der Waals surface area contributed by atoms with Crippen LogP contribution in [0, 0.1) is 6.92 Å². The number of ether oxygens (including phenoxy) is 1. The minimum absolute atomic E-state index is 0.131. The Labute approximate surface area is 236 Å². The number of carboxylic acid groups (broad SMARTS) is 1. The molecule has 208 valence electrons. The van der Waals surface area contributed by atoms with Crippen LogP contribution in [0.2, 0.25) is 4.34 Å². The fourth-order valence-electron chi connectivity index (χ4n) is 4.93. The number of halogens is 1. The summed E-state index contributed by atoms with van der Waals surface area (Å²) in [5.41, 5.74) is 4.04. The van der Waals surface area contributed by atoms with Crippen molar-refractivity contribution in [2.45, 2.75) is 63.6 Å². The van der Waals surface area contributed by atoms with E-state index >= 15 is 0 Å². The maximum atomic E-state index is 11.9. The minimum atomic E-state index is -3.41. The Kier molecular flexibility index (Phi) is 7.86. The van der Waals surface area contributed by atoms with Crippen molar-refractivity contribution in [1.82, 2.24) is 24.3 Å². The molecule has 0 saturated carbocycles. The molecular weight excluding hydrogens is 562 g/mol. The number of aliphatic carboxylic acids is 1. The van der Waals surface area contributed by atoms with Gasteiger partial charge in [0.25, 0.3) is 0 Å². The van der Waals surface area contributed by atoms with Crippen LogP contribution in [0.15, 0.2) is 41.4 Å². The average Bonchev–Trinajstić information content (AvgIpc) is 3.47. The Hall–Kier alpha value is -2.74. The summed E-state index contributed by atoms with van der Waals surface area (Å²) in [6.45, 7) is 6.97. The number of carboxylic acids is 1. The lowest BCUT2D eigenvalue weighted by Gasteiger charge is -2.41. The topological polar surface area (TPSA) is 134 Å². The summed E-state index contributed by atoms with van der Waals surface area (Å²) in [6.07, 6.45) is 1.78. The van der Waals surface area contributed by atoms with Gasteiger partial charge in [0.15, 0.2) is 0 Å². The van der Waals surface area contributed by atoms with E-state index < -0.39 is 22.7 Å². The number of pyridine rings is 1. The number of carbonyl (C=O) groups is 1. The molecule has 1 aliphatic heterocycles. The molecule has 39 heavy (non-hydrogen) atoms. The van der Waals surface area contributed by atoms with Gasteiger partial charge in [0, 0.05) is 30.1 Å². The van der Waals surface area contributed by atoms with Crippen molar-refractivity contribution in [1.29, 1.82) is 0 Å². The van der Waals surface area contributed by atoms with E-state index in [9.17, 15) is 19.0 Å². The van der Waals surface area contributed by atoms with Crippen molar-refractivity contribution in [2.75, 3.05) is 6.54 Å². The lowest BCUT2D eigenvalue weighted by Crippen LogP contribution is -2.34. The maximum Gasteiger partial charge on any atom is 0.304 e. The zero-order valence-corrected chi connectivity index (χ0v) is 24.1. The molecule has 0 bridgehead atoms. The first-order valence-electron chi connectivity index (χ1n) is 12.6. The Balaban J connectivity index is 1.51. The Morgan fingerprint density at radius 3 is 2.82 bits per heavy atom. The van der Waals surface area contributed by atoms with Crippen molar-refractivity contribution >= 4 is 50.7 Å². The largest absolute Gasteiger partial charge is 0.481 e. The van der Waals surface area contributed by atoms with Gasteiger partial charge in [-0.1, -0.05) is 29.8 Å². The SMILES string of the molecule is CCC1CN(Cc2cc(C(CC(=O)O)c3ccc4c(nnn4CC)c3C)sc2Cl)S(O)(O)c2cccnc2O1. The zero-order chi connectivity index (χ0) is 27.9. The van der Waals surface area contributed by atoms with Crippen LogP contribution in [0.3, 0.4) is 0 Å². The van der Waals surface area contributed by atoms with Gasteiger partial charge in [-0.05, 0) is 61.2 Å². The molecule has 1 aromatic carbocycles. The van der Waals surface area contributed by atoms with Crippen LogP contribution in [0.1, 0.15) is 54.2 Å². The molecule has 4 aromatic rings. The highest BCUT2D eigenvalue weighted by atomic mass is 35.5. The fourth-order valence-corrected chi connectivity index (χ4v) is 7.90. The molecule has 0 saturated heterocycles. The number of rotatable bonds is 8. The van der Waals surface area contributed by atoms with Crippen LogP contribution >= 0.6 is 33.7 Å². The quantitative estimate of drug-likeness (QED) is 0.220. The first kappa shape index (κ1) is 27.8. The lowest BCUT2D eigenvalue weighted by atomic mass is 9.89. The third-order valence-electron chi connectivity index (χ3n) is 7.03. The van der Waals surface area contributed by atoms with Gasteiger partial charge in [-0.2, -0.15) is 4.31 Å². The summed E-state index contributed by atoms with van der Waals surface area (Å²) in [7, 11) is -3.41. The number of aromatic nitrogens is 4. The van der Waals surface area contributed by atoms with Crippen LogP contribution in [0.25, 0.3) is 11.0 Å². The summed E-state index contributed by atoms with van der Waals surface area (Å²) >= 11 is 8.02. The number of benzene rings is 1. The van der Waals surface area contributed by atoms with Gasteiger partial charge in [0.1, 0.15) is 16.5 Å². The molecule has 2 unspecified atom stereocenters. The zero-order valence-electron chi connectivity index (χ0n) is 21.7. The lowest BCUT2D eigenvalue weighted by molar-refractivity contribution is -0.137. The standard InChI is InChI=1S/C26H30ClN5O5S2/c1-4-17-14-31(39(35,36)22-7-6-10-28-26(22)37-17)13-16-11-21(38-25(16)27)19(12-23(33)34)18-8-9-20-24(15(18)3)29-30-32(20)5-2/h6-11,17,19,35-36H,4-5,12-14H2,1-3H3,(H,33,34). The van der Waals surface area contributed by atoms with Gasteiger partial charge in [-0.15, -0.1) is 27.2 Å². The van der Waals surface area contributed by atoms with Crippen molar-refractivity contribution in [3.05, 3.63) is 62.4 Å². The van der Waals surface area contributed by atoms with E-state index in [1.165, 1.54) is 11.3 Å². The molecule has 3 N–H and O–H groups in total. The second kappa shape index (κ2) is 11.0. The Morgan fingerprint density at radius 2 is 2.10 bits per heavy atom. The maximum absolute atomic E-state index is 11.9. The molecule has 2 atom stereocenters. The minimum Gasteiger partial charge on any atom is -0.481 e. The second-order valence-electron chi connectivity index (χ2n) is 9.45. The van der Waals surface area contributed by atoms with Crippen molar-refractivity contribution in [3.63, 3.8) is 0 Å². The highest BCUT2D eigenvalue weighted by molar-refractivity contribution is 8.22. The first-order valence-corrected chi connectivity index (χ1v) is 15.3. The van der Waals surface area contributed by atoms with Crippen molar-refractivity contribution < 1.29 is 23.7 Å². The predicted octanol–water partition coefficient (Wildman–Crippen LogP) is 6.17. The van der Waals surface area contributed by atoms with Gasteiger partial charge in [-0.25, -0.2) is 9.67 Å². The monoisotopic (exact) mass is 591 g/mol. The Morgan fingerprint density at radius 1 is 1.31 bits per heavy atom. The molecule has 0 fully saturated rings. The normalized spacial score (nSPS) is 18.8. The highest BCUT2D eigenvalue weighted by Gasteiger charge is 2.36. The number of hydrogen-bond donors (Lipinski definition) is 3. The van der Waals surface area contributed by atoms with E-state index in [2.05, 4.69) is 15.3 Å². The molecule has 0 aliphatic carbocycles. The predicted molar refractivity (Wildman–Crippen MR) is 152 cm³/mol. The van der Waals surface area contributed by atoms with Crippen LogP contribution in [-0.2, 0) is 17.9 Å². The van der Waals surface area contributed by atoms with E-state index in [-0.39, 0.29) is 36.4 Å². The number of nitrogens with zero attached hydrogens (tertiary/aromatic N) is 5. The molecule has 4 heterocycles. The van der Waals surface area contributed by atoms with E-state index in [1.54, 1.807) is 27.3 Å². The number of hydrogen-bond acceptors (Lipinski definition) is 9. The summed E-state index contributed by atoms with van der Waals surface area (Å²) in [6, 6.07) is 8.99. The van der Waals surface area contributed by atoms with Crippen molar-refractivity contribution in [3.8, 4) is 5.88 Å². The van der Waals surface area contributed by atoms with E-state index in [4.69, 9.17) is 16.3 Å². The van der Waals surface area contributed by atoms with Crippen LogP contribution < -0.4 is 4.74 Å². The summed E-state index contributed by atoms with van der Waals surface area (Å²) < 4.78 is 32.5. The van der Waals surface area contributed by atoms with E-state index in [0.717, 1.165) is 27.0 Å². The van der Waals surface area contributed by atoms with Gasteiger partial charge in [0.05, 0.1) is 22.8 Å². The summed E-state index contributed by atoms with van der Waals surface area (Å²) in [4.78, 5) is 17.2. The fraction of sp³-hybridized carbons (Fsp3) is 0.385. The average molecular weight is 592 g/mol. The molecule has 0 spiro atoms. The molecule has 10 nitrogen and oxygen atoms in total. The smallest absolute Gasteiger partial charge is 0.304 e. The van der Waals surface area contributed by atoms with Crippen molar-refractivity contribution in [2.24, 2.45) is 0 Å². The number of thiophene rings is 1. The summed E-state index contributed by atoms with van der Waals surface area (Å²) in [5, 5.41) is 18.3. The molecular formula is C26H30ClN5O5S2. The molecule has 0 radical (unpaired) electrons. The summed E-state index contributed by atoms with van der Waals surface area (Å²) in [5.74, 6) is -1.18. The number of fused-ring (bicyclic) bond motifs is 2. The van der Waals surface area contributed by atoms with Gasteiger partial charge in [-0.3, -0.25) is 13.9 Å². The third-order valence-corrected chi connectivity index (χ3v) is 10.5. The van der Waals surface area contributed by atoms with E-state index in [1.807, 2.05) is 39.0 Å². The van der Waals surface area contributed by atoms with E-state index in [0.29, 0.717) is 22.9 Å². The number of aryl methyl sites for hydroxylation is 2. The molecule has 13 heteroatoms. The van der Waals surface area contributed by atoms with Crippen LogP contribution in [0.5, 0.6) is 5.88 Å².